The number of methoxy groups -OCH3 is 1. The van der Waals surface area contributed by atoms with Crippen LogP contribution >= 0.6 is 0 Å². The molecule has 1 amide bonds. The van der Waals surface area contributed by atoms with Gasteiger partial charge in [-0.05, 0) is 31.9 Å². The number of para-hydroxylation sites is 1. The summed E-state index contributed by atoms with van der Waals surface area (Å²) in [6.07, 6.45) is 4.77. The number of hydrogen-bond donors (Lipinski definition) is 2. The number of amides is 1. The molecule has 11 nitrogen and oxygen atoms in total. The monoisotopic (exact) mass is 578 g/mol. The Kier molecular flexibility index (Phi) is 19.8. The molecular formula is C30H46N2O9. The van der Waals surface area contributed by atoms with Crippen molar-refractivity contribution >= 4 is 17.8 Å². The third kappa shape index (κ3) is 16.8. The van der Waals surface area contributed by atoms with E-state index in [1.54, 1.807) is 45.0 Å². The number of primary amides is 1. The Labute approximate surface area is 243 Å². The van der Waals surface area contributed by atoms with E-state index in [1.165, 1.54) is 19.4 Å². The molecule has 0 bridgehead atoms. The van der Waals surface area contributed by atoms with E-state index in [0.717, 1.165) is 25.9 Å². The minimum Gasteiger partial charge on any atom is -0.508 e. The van der Waals surface area contributed by atoms with E-state index in [0.29, 0.717) is 12.2 Å². The molecule has 0 spiro atoms. The molecule has 41 heavy (non-hydrogen) atoms. The highest BCUT2D eigenvalue weighted by Gasteiger charge is 2.18. The Morgan fingerprint density at radius 3 is 2.15 bits per heavy atom. The summed E-state index contributed by atoms with van der Waals surface area (Å²) >= 11 is 0. The van der Waals surface area contributed by atoms with E-state index in [1.807, 2.05) is 13.0 Å². The van der Waals surface area contributed by atoms with E-state index in [-0.39, 0.29) is 48.1 Å². The number of hydrogen-bond acceptors (Lipinski definition) is 10. The third-order valence-electron chi connectivity index (χ3n) is 5.18. The molecular weight excluding hydrogens is 532 g/mol. The Morgan fingerprint density at radius 2 is 1.68 bits per heavy atom. The molecule has 0 radical (unpaired) electrons. The zero-order valence-electron chi connectivity index (χ0n) is 25.3. The quantitative estimate of drug-likeness (QED) is 0.230. The number of aromatic hydroxyl groups is 1. The summed E-state index contributed by atoms with van der Waals surface area (Å²) < 4.78 is 25.9. The van der Waals surface area contributed by atoms with Gasteiger partial charge in [0, 0.05) is 31.7 Å². The molecule has 3 N–H and O–H groups in total. The lowest BCUT2D eigenvalue weighted by Gasteiger charge is -2.20. The second-order valence-corrected chi connectivity index (χ2v) is 9.06. The number of carbonyl (C=O) groups excluding carboxylic acids is 3. The Hall–Kier alpha value is -3.86. The standard InChI is InChI=1S/C12H16N2O5.C12H24O3.C6H6O/c1-7(2)12(16)19-6-18-10-8(17-3)4-5-14-9(10)11(13)15;1-5-8-14-11(6-2)9-10(4)15-12(13)7-3;7-6-4-2-1-3-5-6/h4-5,7H,6H2,1-3H3,(H2,13,15);10-11H,5-9H2,1-4H3;1-5,7H. The molecule has 0 aliphatic carbocycles. The molecule has 1 aromatic carbocycles. The van der Waals surface area contributed by atoms with Gasteiger partial charge in [0.1, 0.15) is 11.9 Å². The number of nitrogens with zero attached hydrogens (tertiary/aromatic N) is 1. The number of phenols is 1. The van der Waals surface area contributed by atoms with Gasteiger partial charge in [0.2, 0.25) is 6.79 Å². The van der Waals surface area contributed by atoms with Crippen LogP contribution in [-0.2, 0) is 23.8 Å². The van der Waals surface area contributed by atoms with Crippen molar-refractivity contribution in [3.63, 3.8) is 0 Å². The molecule has 230 valence electrons. The molecule has 2 atom stereocenters. The number of rotatable bonds is 14. The van der Waals surface area contributed by atoms with Crippen LogP contribution in [0.25, 0.3) is 0 Å². The fourth-order valence-corrected chi connectivity index (χ4v) is 3.01. The van der Waals surface area contributed by atoms with Crippen molar-refractivity contribution in [2.75, 3.05) is 20.5 Å². The largest absolute Gasteiger partial charge is 0.508 e. The van der Waals surface area contributed by atoms with Crippen molar-refractivity contribution in [3.8, 4) is 17.2 Å². The molecule has 0 fully saturated rings. The summed E-state index contributed by atoms with van der Waals surface area (Å²) in [7, 11) is 1.41. The average Bonchev–Trinajstić information content (AvgIpc) is 2.95. The number of aromatic nitrogens is 1. The first kappa shape index (κ1) is 37.1. The molecule has 0 saturated carbocycles. The molecule has 2 unspecified atom stereocenters. The van der Waals surface area contributed by atoms with Crippen LogP contribution in [0.3, 0.4) is 0 Å². The summed E-state index contributed by atoms with van der Waals surface area (Å²) in [6.45, 7) is 11.7. The normalized spacial score (nSPS) is 11.5. The van der Waals surface area contributed by atoms with Crippen LogP contribution in [0.15, 0.2) is 42.6 Å². The minimum atomic E-state index is -0.760. The molecule has 11 heteroatoms. The highest BCUT2D eigenvalue weighted by molar-refractivity contribution is 5.94. The van der Waals surface area contributed by atoms with Crippen LogP contribution in [0.5, 0.6) is 17.2 Å². The SMILES string of the molecule is CCCOC(CC)CC(C)OC(=O)CC.COc1ccnc(C(N)=O)c1OCOC(=O)C(C)C.Oc1ccccc1. The number of esters is 2. The number of pyridine rings is 1. The van der Waals surface area contributed by atoms with E-state index in [2.05, 4.69) is 18.8 Å². The van der Waals surface area contributed by atoms with Crippen LogP contribution in [0, 0.1) is 5.92 Å². The first-order chi connectivity index (χ1) is 19.5. The highest BCUT2D eigenvalue weighted by Crippen LogP contribution is 2.29. The van der Waals surface area contributed by atoms with Gasteiger partial charge in [-0.15, -0.1) is 0 Å². The van der Waals surface area contributed by atoms with Gasteiger partial charge in [0.15, 0.2) is 17.2 Å². The van der Waals surface area contributed by atoms with Crippen molar-refractivity contribution in [3.05, 3.63) is 48.3 Å². The highest BCUT2D eigenvalue weighted by atomic mass is 16.7. The van der Waals surface area contributed by atoms with Crippen LogP contribution in [0.4, 0.5) is 0 Å². The minimum absolute atomic E-state index is 0.0424. The number of benzene rings is 1. The van der Waals surface area contributed by atoms with E-state index >= 15 is 0 Å². The molecule has 2 rings (SSSR count). The number of carbonyl (C=O) groups is 3. The van der Waals surface area contributed by atoms with Gasteiger partial charge in [-0.25, -0.2) is 4.98 Å². The molecule has 1 aromatic heterocycles. The van der Waals surface area contributed by atoms with Gasteiger partial charge in [0.25, 0.3) is 5.91 Å². The lowest BCUT2D eigenvalue weighted by atomic mass is 10.1. The third-order valence-corrected chi connectivity index (χ3v) is 5.18. The van der Waals surface area contributed by atoms with E-state index in [4.69, 9.17) is 34.5 Å². The van der Waals surface area contributed by atoms with Crippen molar-refractivity contribution in [2.24, 2.45) is 11.7 Å². The first-order valence-corrected chi connectivity index (χ1v) is 13.7. The maximum absolute atomic E-state index is 11.3. The fourth-order valence-electron chi connectivity index (χ4n) is 3.01. The molecule has 0 aliphatic heterocycles. The molecule has 0 saturated heterocycles. The van der Waals surface area contributed by atoms with Crippen molar-refractivity contribution in [2.45, 2.75) is 79.4 Å². The topological polar surface area (TPSA) is 156 Å². The van der Waals surface area contributed by atoms with Gasteiger partial charge in [0.05, 0.1) is 19.1 Å². The van der Waals surface area contributed by atoms with Gasteiger partial charge in [-0.3, -0.25) is 14.4 Å². The zero-order valence-corrected chi connectivity index (χ0v) is 25.3. The fraction of sp³-hybridized carbons (Fsp3) is 0.533. The van der Waals surface area contributed by atoms with Crippen LogP contribution < -0.4 is 15.2 Å². The van der Waals surface area contributed by atoms with Crippen LogP contribution in [0.2, 0.25) is 0 Å². The summed E-state index contributed by atoms with van der Waals surface area (Å²) in [6, 6.07) is 10.2. The average molecular weight is 579 g/mol. The lowest BCUT2D eigenvalue weighted by molar-refractivity contribution is -0.154. The smallest absolute Gasteiger partial charge is 0.311 e. The van der Waals surface area contributed by atoms with Gasteiger partial charge in [-0.2, -0.15) is 0 Å². The Morgan fingerprint density at radius 1 is 1.02 bits per heavy atom. The second-order valence-electron chi connectivity index (χ2n) is 9.06. The lowest BCUT2D eigenvalue weighted by Crippen LogP contribution is -2.23. The van der Waals surface area contributed by atoms with Crippen LogP contribution in [0.1, 0.15) is 77.7 Å². The van der Waals surface area contributed by atoms with Gasteiger partial charge >= 0.3 is 11.9 Å². The first-order valence-electron chi connectivity index (χ1n) is 13.7. The maximum atomic E-state index is 11.3. The predicted octanol–water partition coefficient (Wildman–Crippen LogP) is 5.04. The zero-order chi connectivity index (χ0) is 31.2. The van der Waals surface area contributed by atoms with Gasteiger partial charge in [-0.1, -0.05) is 52.8 Å². The van der Waals surface area contributed by atoms with Crippen LogP contribution in [-0.4, -0.2) is 60.7 Å². The maximum Gasteiger partial charge on any atom is 0.311 e. The van der Waals surface area contributed by atoms with Crippen molar-refractivity contribution in [1.82, 2.24) is 4.98 Å². The summed E-state index contributed by atoms with van der Waals surface area (Å²) in [5.74, 6) is -0.920. The Balaban J connectivity index is 0.000000643. The molecule has 0 aliphatic rings. The molecule has 2 aromatic rings. The summed E-state index contributed by atoms with van der Waals surface area (Å²) in [5.41, 5.74) is 5.09. The van der Waals surface area contributed by atoms with Crippen molar-refractivity contribution < 1.29 is 43.2 Å². The van der Waals surface area contributed by atoms with Gasteiger partial charge < -0.3 is 34.5 Å². The second kappa shape index (κ2) is 21.9. The summed E-state index contributed by atoms with van der Waals surface area (Å²) in [4.78, 5) is 37.3. The number of ether oxygens (including phenoxy) is 5. The van der Waals surface area contributed by atoms with E-state index < -0.39 is 11.9 Å². The Bertz CT molecular complexity index is 1020. The molecule has 1 heterocycles. The van der Waals surface area contributed by atoms with E-state index in [9.17, 15) is 14.4 Å². The summed E-state index contributed by atoms with van der Waals surface area (Å²) in [5, 5.41) is 8.63. The van der Waals surface area contributed by atoms with Crippen molar-refractivity contribution in [1.29, 1.82) is 0 Å². The number of nitrogens with two attached hydrogens (primary N) is 1. The predicted molar refractivity (Wildman–Crippen MR) is 155 cm³/mol. The number of phenolic OH excluding ortho intramolecular Hbond substituents is 1.